The highest BCUT2D eigenvalue weighted by atomic mass is 16.1. The largest absolute Gasteiger partial charge is 0.333 e. The SMILES string of the molecule is Cc1ccc(/C=C/c2nnc(NN)n(N)c2=O)cc1. The van der Waals surface area contributed by atoms with Gasteiger partial charge in [-0.2, -0.15) is 4.68 Å². The lowest BCUT2D eigenvalue weighted by Gasteiger charge is -2.04. The van der Waals surface area contributed by atoms with Crippen LogP contribution in [0.15, 0.2) is 29.1 Å². The lowest BCUT2D eigenvalue weighted by atomic mass is 10.1. The summed E-state index contributed by atoms with van der Waals surface area (Å²) < 4.78 is 0.807. The topological polar surface area (TPSA) is 112 Å². The van der Waals surface area contributed by atoms with Gasteiger partial charge in [0.25, 0.3) is 11.5 Å². The molecule has 0 bridgehead atoms. The van der Waals surface area contributed by atoms with Crippen molar-refractivity contribution in [3.63, 3.8) is 0 Å². The molecule has 0 radical (unpaired) electrons. The number of nitrogen functional groups attached to an aromatic ring is 2. The number of hydrogen-bond acceptors (Lipinski definition) is 6. The molecular weight excluding hydrogens is 244 g/mol. The van der Waals surface area contributed by atoms with Gasteiger partial charge >= 0.3 is 0 Å². The fourth-order valence-corrected chi connectivity index (χ4v) is 1.47. The second-order valence-corrected chi connectivity index (χ2v) is 3.97. The summed E-state index contributed by atoms with van der Waals surface area (Å²) in [6.07, 6.45) is 3.32. The van der Waals surface area contributed by atoms with Gasteiger partial charge in [-0.15, -0.1) is 10.2 Å². The molecule has 1 heterocycles. The van der Waals surface area contributed by atoms with Crippen molar-refractivity contribution in [1.29, 1.82) is 0 Å². The molecule has 0 amide bonds. The van der Waals surface area contributed by atoms with Crippen LogP contribution in [0.5, 0.6) is 0 Å². The van der Waals surface area contributed by atoms with E-state index in [2.05, 4.69) is 15.6 Å². The van der Waals surface area contributed by atoms with Crippen molar-refractivity contribution in [2.24, 2.45) is 5.84 Å². The Morgan fingerprint density at radius 1 is 1.21 bits per heavy atom. The van der Waals surface area contributed by atoms with Gasteiger partial charge in [0.15, 0.2) is 5.69 Å². The Labute approximate surface area is 109 Å². The first kappa shape index (κ1) is 12.8. The predicted octanol–water partition coefficient (Wildman–Crippen LogP) is 0.117. The Morgan fingerprint density at radius 2 is 1.89 bits per heavy atom. The van der Waals surface area contributed by atoms with Gasteiger partial charge in [-0.1, -0.05) is 35.9 Å². The summed E-state index contributed by atoms with van der Waals surface area (Å²) >= 11 is 0. The van der Waals surface area contributed by atoms with Crippen molar-refractivity contribution in [2.75, 3.05) is 11.3 Å². The third-order valence-electron chi connectivity index (χ3n) is 2.56. The number of anilines is 1. The molecule has 0 saturated heterocycles. The molecule has 0 atom stereocenters. The van der Waals surface area contributed by atoms with E-state index >= 15 is 0 Å². The van der Waals surface area contributed by atoms with Gasteiger partial charge in [0.2, 0.25) is 0 Å². The number of nitrogens with one attached hydrogen (secondary N) is 1. The van der Waals surface area contributed by atoms with Crippen LogP contribution < -0.4 is 22.7 Å². The molecule has 98 valence electrons. The van der Waals surface area contributed by atoms with E-state index in [-0.39, 0.29) is 11.6 Å². The number of aryl methyl sites for hydroxylation is 1. The Morgan fingerprint density at radius 3 is 2.53 bits per heavy atom. The van der Waals surface area contributed by atoms with E-state index in [0.717, 1.165) is 10.2 Å². The van der Waals surface area contributed by atoms with E-state index in [1.54, 1.807) is 12.2 Å². The third-order valence-corrected chi connectivity index (χ3v) is 2.56. The molecule has 5 N–H and O–H groups in total. The smallest absolute Gasteiger partial charge is 0.299 e. The van der Waals surface area contributed by atoms with Crippen LogP contribution in [-0.4, -0.2) is 14.9 Å². The molecule has 1 aromatic heterocycles. The minimum atomic E-state index is -0.480. The van der Waals surface area contributed by atoms with E-state index < -0.39 is 5.56 Å². The summed E-state index contributed by atoms with van der Waals surface area (Å²) in [4.78, 5) is 11.8. The molecule has 0 aliphatic heterocycles. The van der Waals surface area contributed by atoms with Gasteiger partial charge < -0.3 is 5.84 Å². The average Bonchev–Trinajstić information content (AvgIpc) is 2.42. The highest BCUT2D eigenvalue weighted by Crippen LogP contribution is 2.06. The molecule has 2 rings (SSSR count). The molecule has 0 spiro atoms. The van der Waals surface area contributed by atoms with Crippen molar-refractivity contribution < 1.29 is 0 Å². The van der Waals surface area contributed by atoms with Crippen molar-refractivity contribution in [3.8, 4) is 0 Å². The number of hydrazine groups is 1. The molecule has 0 fully saturated rings. The molecular formula is C12H14N6O. The highest BCUT2D eigenvalue weighted by molar-refractivity contribution is 5.67. The van der Waals surface area contributed by atoms with E-state index in [0.29, 0.717) is 0 Å². The van der Waals surface area contributed by atoms with E-state index in [4.69, 9.17) is 11.7 Å². The maximum atomic E-state index is 11.8. The van der Waals surface area contributed by atoms with Crippen LogP contribution in [0.1, 0.15) is 16.8 Å². The molecule has 0 aliphatic rings. The van der Waals surface area contributed by atoms with Crippen LogP contribution in [0.25, 0.3) is 12.2 Å². The van der Waals surface area contributed by atoms with Crippen LogP contribution in [0.3, 0.4) is 0 Å². The summed E-state index contributed by atoms with van der Waals surface area (Å²) in [5, 5.41) is 7.43. The van der Waals surface area contributed by atoms with Crippen LogP contribution in [0.2, 0.25) is 0 Å². The number of rotatable bonds is 3. The standard InChI is InChI=1S/C12H14N6O/c1-8-2-4-9(5-3-8)6-7-10-11(19)18(14)12(15-13)17-16-10/h2-7H,13-14H2,1H3,(H,15,17)/b7-6+. The van der Waals surface area contributed by atoms with Gasteiger partial charge in [-0.3, -0.25) is 10.2 Å². The zero-order valence-electron chi connectivity index (χ0n) is 10.4. The van der Waals surface area contributed by atoms with Gasteiger partial charge in [-0.25, -0.2) is 5.84 Å². The van der Waals surface area contributed by atoms with Crippen LogP contribution in [0.4, 0.5) is 5.95 Å². The van der Waals surface area contributed by atoms with Crippen molar-refractivity contribution in [2.45, 2.75) is 6.92 Å². The fraction of sp³-hybridized carbons (Fsp3) is 0.0833. The quantitative estimate of drug-likeness (QED) is 0.532. The second-order valence-electron chi connectivity index (χ2n) is 3.97. The first-order valence-electron chi connectivity index (χ1n) is 5.58. The third kappa shape index (κ3) is 2.78. The Hall–Kier alpha value is -2.67. The first-order chi connectivity index (χ1) is 9.11. The average molecular weight is 258 g/mol. The summed E-state index contributed by atoms with van der Waals surface area (Å²) in [5.41, 5.74) is 3.97. The molecule has 19 heavy (non-hydrogen) atoms. The Kier molecular flexibility index (Phi) is 3.58. The minimum Gasteiger partial charge on any atom is -0.333 e. The van der Waals surface area contributed by atoms with E-state index in [1.807, 2.05) is 31.2 Å². The number of hydrogen-bond donors (Lipinski definition) is 3. The number of nitrogens with zero attached hydrogens (tertiary/aromatic N) is 3. The minimum absolute atomic E-state index is 0.00233. The van der Waals surface area contributed by atoms with Gasteiger partial charge in [0.05, 0.1) is 0 Å². The van der Waals surface area contributed by atoms with Gasteiger partial charge in [-0.05, 0) is 18.6 Å². The zero-order chi connectivity index (χ0) is 13.8. The predicted molar refractivity (Wildman–Crippen MR) is 74.4 cm³/mol. The van der Waals surface area contributed by atoms with Crippen molar-refractivity contribution >= 4 is 18.1 Å². The molecule has 1 aromatic carbocycles. The molecule has 0 aliphatic carbocycles. The molecule has 7 heteroatoms. The molecule has 0 unspecified atom stereocenters. The maximum Gasteiger partial charge on any atom is 0.299 e. The lowest BCUT2D eigenvalue weighted by Crippen LogP contribution is -2.34. The van der Waals surface area contributed by atoms with Crippen molar-refractivity contribution in [1.82, 2.24) is 14.9 Å². The first-order valence-corrected chi connectivity index (χ1v) is 5.58. The zero-order valence-corrected chi connectivity index (χ0v) is 10.4. The van der Waals surface area contributed by atoms with Crippen molar-refractivity contribution in [3.05, 3.63) is 51.4 Å². The van der Waals surface area contributed by atoms with Crippen LogP contribution >= 0.6 is 0 Å². The van der Waals surface area contributed by atoms with E-state index in [1.165, 1.54) is 5.56 Å². The fourth-order valence-electron chi connectivity index (χ4n) is 1.47. The number of nitrogens with two attached hydrogens (primary N) is 2. The number of benzene rings is 1. The highest BCUT2D eigenvalue weighted by Gasteiger charge is 2.05. The maximum absolute atomic E-state index is 11.8. The van der Waals surface area contributed by atoms with Crippen LogP contribution in [0, 0.1) is 6.92 Å². The summed E-state index contributed by atoms with van der Waals surface area (Å²) in [6, 6.07) is 7.84. The number of aromatic nitrogens is 3. The monoisotopic (exact) mass is 258 g/mol. The van der Waals surface area contributed by atoms with Gasteiger partial charge in [0, 0.05) is 0 Å². The molecule has 7 nitrogen and oxygen atoms in total. The Balaban J connectivity index is 2.31. The molecule has 0 saturated carbocycles. The molecule has 2 aromatic rings. The lowest BCUT2D eigenvalue weighted by molar-refractivity contribution is 0.817. The van der Waals surface area contributed by atoms with Crippen LogP contribution in [-0.2, 0) is 0 Å². The Bertz CT molecular complexity index is 659. The van der Waals surface area contributed by atoms with E-state index in [9.17, 15) is 4.79 Å². The summed E-state index contributed by atoms with van der Waals surface area (Å²) in [6.45, 7) is 2.00. The normalized spacial score (nSPS) is 10.8. The van der Waals surface area contributed by atoms with Gasteiger partial charge in [0.1, 0.15) is 0 Å². The summed E-state index contributed by atoms with van der Waals surface area (Å²) in [7, 11) is 0. The summed E-state index contributed by atoms with van der Waals surface area (Å²) in [5.74, 6) is 10.6. The second kappa shape index (κ2) is 5.32.